The maximum absolute atomic E-state index is 9.94. The molecule has 0 aromatic rings. The van der Waals surface area contributed by atoms with E-state index in [0.29, 0.717) is 0 Å². The van der Waals surface area contributed by atoms with Gasteiger partial charge in [0.05, 0.1) is 0 Å². The summed E-state index contributed by atoms with van der Waals surface area (Å²) in [6.07, 6.45) is 0. The first kappa shape index (κ1) is 45.3. The molecule has 0 aromatic carbocycles. The SMILES string of the molecule is CC(SS)S(=O)(=O)[O-].CC(SS)S(=O)(=O)[O-].CC(SS)S(=O)(=O)[O-].[Na+].[Na+].[Na+]. The predicted octanol–water partition coefficient (Wildman–Crippen LogP) is -7.62. The van der Waals surface area contributed by atoms with E-state index in [1.807, 2.05) is 0 Å². The Hall–Kier alpha value is 4.83. The standard InChI is InChI=1S/3C2H6O3S3.3Na/c3*1-2(7-6)8(3,4)5;;;/h3*2,6H,1H3,(H,3,4,5);;;/q;;;3*+1/p-3. The second kappa shape index (κ2) is 22.6. The molecule has 0 spiro atoms. The second-order valence-corrected chi connectivity index (χ2v) is 14.1. The molecule has 0 aliphatic rings. The summed E-state index contributed by atoms with van der Waals surface area (Å²) < 4.78 is 86.6. The summed E-state index contributed by atoms with van der Waals surface area (Å²) in [6, 6.07) is 0. The van der Waals surface area contributed by atoms with Crippen molar-refractivity contribution in [1.29, 1.82) is 0 Å². The molecule has 150 valence electrons. The maximum atomic E-state index is 9.94. The Balaban J connectivity index is -0.0000000580. The van der Waals surface area contributed by atoms with Crippen LogP contribution in [0.3, 0.4) is 0 Å². The van der Waals surface area contributed by atoms with Gasteiger partial charge >= 0.3 is 88.7 Å². The first-order valence-corrected chi connectivity index (χ1v) is 15.4. The van der Waals surface area contributed by atoms with Crippen molar-refractivity contribution in [1.82, 2.24) is 0 Å². The Morgan fingerprint density at radius 1 is 0.556 bits per heavy atom. The molecule has 9 nitrogen and oxygen atoms in total. The summed E-state index contributed by atoms with van der Waals surface area (Å²) in [7, 11) is -10.2. The molecule has 3 unspecified atom stereocenters. The molecule has 0 radical (unpaired) electrons. The monoisotopic (exact) mass is 588 g/mol. The molecule has 27 heavy (non-hydrogen) atoms. The van der Waals surface area contributed by atoms with Crippen LogP contribution in [0.1, 0.15) is 20.8 Å². The van der Waals surface area contributed by atoms with Gasteiger partial charge in [0.2, 0.25) is 0 Å². The second-order valence-electron chi connectivity index (χ2n) is 3.50. The molecular formula is C6H15Na3O9S9. The number of thiol groups is 3. The van der Waals surface area contributed by atoms with E-state index < -0.39 is 44.1 Å². The van der Waals surface area contributed by atoms with Gasteiger partial charge in [-0.1, -0.05) is 32.4 Å². The van der Waals surface area contributed by atoms with E-state index in [9.17, 15) is 38.9 Å². The summed E-state index contributed by atoms with van der Waals surface area (Å²) in [6.45, 7) is 3.88. The molecule has 0 bridgehead atoms. The molecule has 0 aliphatic carbocycles. The Morgan fingerprint density at radius 3 is 0.667 bits per heavy atom. The minimum absolute atomic E-state index is 0. The van der Waals surface area contributed by atoms with Crippen LogP contribution in [0.25, 0.3) is 0 Å². The van der Waals surface area contributed by atoms with Crippen molar-refractivity contribution < 1.29 is 128 Å². The largest absolute Gasteiger partial charge is 1.00 e. The van der Waals surface area contributed by atoms with Crippen LogP contribution >= 0.6 is 67.4 Å². The van der Waals surface area contributed by atoms with Crippen molar-refractivity contribution in [3.05, 3.63) is 0 Å². The van der Waals surface area contributed by atoms with Gasteiger partial charge in [0.15, 0.2) is 0 Å². The Bertz CT molecular complexity index is 548. The fourth-order valence-corrected chi connectivity index (χ4v) is 4.27. The minimum Gasteiger partial charge on any atom is -0.747 e. The van der Waals surface area contributed by atoms with Crippen molar-refractivity contribution in [3.63, 3.8) is 0 Å². The first-order chi connectivity index (χ1) is 10.4. The maximum Gasteiger partial charge on any atom is 1.00 e. The van der Waals surface area contributed by atoms with E-state index >= 15 is 0 Å². The molecule has 0 aromatic heterocycles. The van der Waals surface area contributed by atoms with Crippen LogP contribution in [0, 0.1) is 0 Å². The van der Waals surface area contributed by atoms with Crippen molar-refractivity contribution in [3.8, 4) is 0 Å². The first-order valence-electron chi connectivity index (χ1n) is 5.19. The third kappa shape index (κ3) is 30.8. The Kier molecular flexibility index (Phi) is 38.0. The summed E-state index contributed by atoms with van der Waals surface area (Å²) in [4.78, 5) is 0. The predicted molar refractivity (Wildman–Crippen MR) is 107 cm³/mol. The fourth-order valence-electron chi connectivity index (χ4n) is 0.158. The zero-order chi connectivity index (χ0) is 20.4. The zero-order valence-electron chi connectivity index (χ0n) is 15.2. The van der Waals surface area contributed by atoms with Crippen LogP contribution in [-0.4, -0.2) is 52.7 Å². The van der Waals surface area contributed by atoms with E-state index in [2.05, 4.69) is 35.0 Å². The molecule has 3 atom stereocenters. The van der Waals surface area contributed by atoms with Gasteiger partial charge in [0.1, 0.15) is 44.1 Å². The normalized spacial score (nSPS) is 14.1. The Morgan fingerprint density at radius 2 is 0.667 bits per heavy atom. The van der Waals surface area contributed by atoms with Gasteiger partial charge in [-0.2, -0.15) is 0 Å². The smallest absolute Gasteiger partial charge is 0.747 e. The molecule has 0 rings (SSSR count). The molecule has 21 heteroatoms. The molecular weight excluding hydrogens is 574 g/mol. The fraction of sp³-hybridized carbons (Fsp3) is 1.00. The quantitative estimate of drug-likeness (QED) is 0.116. The van der Waals surface area contributed by atoms with Gasteiger partial charge in [-0.25, -0.2) is 25.3 Å². The van der Waals surface area contributed by atoms with Crippen LogP contribution in [-0.2, 0) is 30.4 Å². The van der Waals surface area contributed by atoms with E-state index in [1.165, 1.54) is 20.8 Å². The van der Waals surface area contributed by atoms with Gasteiger partial charge in [-0.15, -0.1) is 35.0 Å². The van der Waals surface area contributed by atoms with Crippen molar-refractivity contribution in [2.45, 2.75) is 34.5 Å². The van der Waals surface area contributed by atoms with Crippen LogP contribution in [0.4, 0.5) is 0 Å². The van der Waals surface area contributed by atoms with Crippen molar-refractivity contribution in [2.75, 3.05) is 0 Å². The van der Waals surface area contributed by atoms with Crippen molar-refractivity contribution in [2.24, 2.45) is 0 Å². The third-order valence-corrected chi connectivity index (χ3v) is 12.1. The molecule has 0 N–H and O–H groups in total. The topological polar surface area (TPSA) is 172 Å². The van der Waals surface area contributed by atoms with E-state index in [1.54, 1.807) is 0 Å². The van der Waals surface area contributed by atoms with Crippen LogP contribution in [0.2, 0.25) is 0 Å². The summed E-state index contributed by atoms with van der Waals surface area (Å²) in [5, 5.41) is 0. The van der Waals surface area contributed by atoms with Gasteiger partial charge < -0.3 is 13.7 Å². The third-order valence-electron chi connectivity index (χ3n) is 1.66. The van der Waals surface area contributed by atoms with E-state index in [-0.39, 0.29) is 88.7 Å². The number of hydrogen-bond acceptors (Lipinski definition) is 15. The number of rotatable bonds is 6. The summed E-state index contributed by atoms with van der Waals surface area (Å²) in [5.74, 6) is 0. The molecule has 0 amide bonds. The van der Waals surface area contributed by atoms with Gasteiger partial charge in [0, 0.05) is 0 Å². The van der Waals surface area contributed by atoms with Crippen LogP contribution < -0.4 is 88.7 Å². The van der Waals surface area contributed by atoms with Crippen LogP contribution in [0.5, 0.6) is 0 Å². The molecule has 0 heterocycles. The zero-order valence-corrected chi connectivity index (χ0v) is 28.8. The molecule has 0 fully saturated rings. The van der Waals surface area contributed by atoms with Gasteiger partial charge in [0.25, 0.3) is 0 Å². The molecule has 0 saturated carbocycles. The van der Waals surface area contributed by atoms with E-state index in [0.717, 1.165) is 32.4 Å². The molecule has 0 saturated heterocycles. The summed E-state index contributed by atoms with van der Waals surface area (Å²) in [5.41, 5.74) is 0. The van der Waals surface area contributed by atoms with Crippen LogP contribution in [0.15, 0.2) is 0 Å². The van der Waals surface area contributed by atoms with E-state index in [4.69, 9.17) is 0 Å². The Labute approximate surface area is 255 Å². The molecule has 0 aliphatic heterocycles. The van der Waals surface area contributed by atoms with Crippen molar-refractivity contribution >= 4 is 97.7 Å². The van der Waals surface area contributed by atoms with Gasteiger partial charge in [-0.05, 0) is 20.8 Å². The minimum atomic E-state index is -4.12. The van der Waals surface area contributed by atoms with Gasteiger partial charge in [-0.3, -0.25) is 0 Å². The average molecular weight is 589 g/mol. The number of hydrogen-bond donors (Lipinski definition) is 3. The summed E-state index contributed by atoms with van der Waals surface area (Å²) >= 11 is 10.6. The average Bonchev–Trinajstić information content (AvgIpc) is 2.42.